The lowest BCUT2D eigenvalue weighted by atomic mass is 9.98. The zero-order valence-electron chi connectivity index (χ0n) is 10.4. The number of hydrogen-bond donors (Lipinski definition) is 0. The van der Waals surface area contributed by atoms with Crippen LogP contribution >= 0.6 is 22.9 Å². The summed E-state index contributed by atoms with van der Waals surface area (Å²) in [6.45, 7) is 1.43. The van der Waals surface area contributed by atoms with Gasteiger partial charge in [0.25, 0.3) is 0 Å². The van der Waals surface area contributed by atoms with E-state index in [0.717, 1.165) is 13.0 Å². The average Bonchev–Trinajstić information content (AvgIpc) is 2.95. The Morgan fingerprint density at radius 2 is 2.26 bits per heavy atom. The van der Waals surface area contributed by atoms with E-state index in [-0.39, 0.29) is 11.8 Å². The number of nitrogens with zero attached hydrogens (tertiary/aromatic N) is 1. The Hall–Kier alpha value is -1.32. The highest BCUT2D eigenvalue weighted by Crippen LogP contribution is 2.32. The summed E-state index contributed by atoms with van der Waals surface area (Å²) >= 11 is 7.37. The Morgan fingerprint density at radius 3 is 3.00 bits per heavy atom. The molecule has 1 aromatic carbocycles. The quantitative estimate of drug-likeness (QED) is 0.772. The monoisotopic (exact) mass is 291 g/mol. The lowest BCUT2D eigenvalue weighted by Gasteiger charge is -2.26. The van der Waals surface area contributed by atoms with Gasteiger partial charge in [0.2, 0.25) is 5.91 Å². The summed E-state index contributed by atoms with van der Waals surface area (Å²) in [4.78, 5) is 13.4. The Labute approximate surface area is 121 Å². The second-order valence-electron chi connectivity index (χ2n) is 4.60. The maximum atomic E-state index is 11.5. The van der Waals surface area contributed by atoms with Crippen LogP contribution in [0.5, 0.6) is 0 Å². The van der Waals surface area contributed by atoms with Gasteiger partial charge >= 0.3 is 0 Å². The molecule has 98 valence electrons. The number of carbonyl (C=O) groups is 1. The van der Waals surface area contributed by atoms with Crippen LogP contribution < -0.4 is 0 Å². The molecule has 0 radical (unpaired) electrons. The van der Waals surface area contributed by atoms with Crippen LogP contribution in [-0.4, -0.2) is 29.8 Å². The number of fused-ring (bicyclic) bond motifs is 1. The third-order valence-electron chi connectivity index (χ3n) is 3.50. The van der Waals surface area contributed by atoms with Crippen molar-refractivity contribution in [3.63, 3.8) is 0 Å². The van der Waals surface area contributed by atoms with Crippen LogP contribution in [0.15, 0.2) is 35.7 Å². The Kier molecular flexibility index (Phi) is 3.58. The molecule has 0 atom stereocenters. The van der Waals surface area contributed by atoms with E-state index < -0.39 is 0 Å². The van der Waals surface area contributed by atoms with Crippen molar-refractivity contribution in [2.45, 2.75) is 6.42 Å². The van der Waals surface area contributed by atoms with Crippen molar-refractivity contribution < 1.29 is 4.79 Å². The summed E-state index contributed by atoms with van der Waals surface area (Å²) < 4.78 is 1.34. The first-order chi connectivity index (χ1) is 9.29. The van der Waals surface area contributed by atoms with E-state index in [1.54, 1.807) is 11.3 Å². The van der Waals surface area contributed by atoms with Gasteiger partial charge in [-0.2, -0.15) is 0 Å². The zero-order valence-corrected chi connectivity index (χ0v) is 12.0. The van der Waals surface area contributed by atoms with Gasteiger partial charge in [0, 0.05) is 17.8 Å². The van der Waals surface area contributed by atoms with E-state index in [1.807, 2.05) is 4.90 Å². The summed E-state index contributed by atoms with van der Waals surface area (Å²) in [5.41, 5.74) is 2.65. The van der Waals surface area contributed by atoms with Crippen LogP contribution in [-0.2, 0) is 4.79 Å². The van der Waals surface area contributed by atoms with Crippen molar-refractivity contribution in [1.29, 1.82) is 0 Å². The fourth-order valence-electron chi connectivity index (χ4n) is 2.47. The zero-order chi connectivity index (χ0) is 13.2. The van der Waals surface area contributed by atoms with Gasteiger partial charge in [0.1, 0.15) is 5.88 Å². The molecule has 2 nitrogen and oxygen atoms in total. The Balaban J connectivity index is 1.90. The molecule has 2 heterocycles. The van der Waals surface area contributed by atoms with Crippen LogP contribution in [0.1, 0.15) is 12.0 Å². The number of carbonyl (C=O) groups excluding carboxylic acids is 1. The molecule has 1 aliphatic heterocycles. The highest BCUT2D eigenvalue weighted by molar-refractivity contribution is 7.17. The molecular formula is C15H14ClNOS. The molecule has 4 heteroatoms. The van der Waals surface area contributed by atoms with Crippen molar-refractivity contribution in [3.05, 3.63) is 41.3 Å². The maximum Gasteiger partial charge on any atom is 0.237 e. The van der Waals surface area contributed by atoms with E-state index in [1.165, 1.54) is 21.2 Å². The summed E-state index contributed by atoms with van der Waals surface area (Å²) in [7, 11) is 0. The number of alkyl halides is 1. The topological polar surface area (TPSA) is 20.3 Å². The number of halogens is 1. The largest absolute Gasteiger partial charge is 0.338 e. The molecule has 0 N–H and O–H groups in total. The maximum absolute atomic E-state index is 11.5. The van der Waals surface area contributed by atoms with Gasteiger partial charge in [0.05, 0.1) is 0 Å². The van der Waals surface area contributed by atoms with Gasteiger partial charge in [-0.05, 0) is 34.4 Å². The lowest BCUT2D eigenvalue weighted by Crippen LogP contribution is -2.35. The molecule has 0 fully saturated rings. The van der Waals surface area contributed by atoms with Crippen molar-refractivity contribution in [2.75, 3.05) is 19.0 Å². The van der Waals surface area contributed by atoms with E-state index >= 15 is 0 Å². The SMILES string of the molecule is O=C(CCl)N1CC=C(c2cccc3ccsc23)CC1. The first-order valence-corrected chi connectivity index (χ1v) is 7.70. The smallest absolute Gasteiger partial charge is 0.237 e. The summed E-state index contributed by atoms with van der Waals surface area (Å²) in [5, 5.41) is 3.42. The van der Waals surface area contributed by atoms with Crippen LogP contribution in [0, 0.1) is 0 Å². The number of hydrogen-bond acceptors (Lipinski definition) is 2. The molecule has 0 bridgehead atoms. The second-order valence-corrected chi connectivity index (χ2v) is 5.78. The number of benzene rings is 1. The third kappa shape index (κ3) is 2.40. The molecule has 3 rings (SSSR count). The number of amides is 1. The molecular weight excluding hydrogens is 278 g/mol. The lowest BCUT2D eigenvalue weighted by molar-refractivity contribution is -0.128. The average molecular weight is 292 g/mol. The Bertz CT molecular complexity index is 646. The summed E-state index contributed by atoms with van der Waals surface area (Å²) in [6.07, 6.45) is 3.06. The minimum absolute atomic E-state index is 0.0197. The molecule has 0 spiro atoms. The second kappa shape index (κ2) is 5.35. The molecule has 2 aromatic rings. The highest BCUT2D eigenvalue weighted by Gasteiger charge is 2.18. The summed E-state index contributed by atoms with van der Waals surface area (Å²) in [6, 6.07) is 8.56. The van der Waals surface area contributed by atoms with E-state index in [4.69, 9.17) is 11.6 Å². The van der Waals surface area contributed by atoms with Crippen molar-refractivity contribution >= 4 is 44.5 Å². The van der Waals surface area contributed by atoms with E-state index in [9.17, 15) is 4.79 Å². The highest BCUT2D eigenvalue weighted by atomic mass is 35.5. The molecule has 0 saturated heterocycles. The number of rotatable bonds is 2. The summed E-state index contributed by atoms with van der Waals surface area (Å²) in [5.74, 6) is 0.0928. The van der Waals surface area contributed by atoms with Gasteiger partial charge in [-0.25, -0.2) is 0 Å². The van der Waals surface area contributed by atoms with E-state index in [2.05, 4.69) is 35.7 Å². The van der Waals surface area contributed by atoms with Crippen LogP contribution in [0.4, 0.5) is 0 Å². The molecule has 1 amide bonds. The van der Waals surface area contributed by atoms with Crippen LogP contribution in [0.2, 0.25) is 0 Å². The van der Waals surface area contributed by atoms with Gasteiger partial charge in [-0.3, -0.25) is 4.79 Å². The molecule has 1 aliphatic rings. The van der Waals surface area contributed by atoms with E-state index in [0.29, 0.717) is 6.54 Å². The first kappa shape index (κ1) is 12.7. The fraction of sp³-hybridized carbons (Fsp3) is 0.267. The molecule has 19 heavy (non-hydrogen) atoms. The normalized spacial score (nSPS) is 15.6. The van der Waals surface area contributed by atoms with Crippen molar-refractivity contribution in [2.24, 2.45) is 0 Å². The predicted molar refractivity (Wildman–Crippen MR) is 81.7 cm³/mol. The van der Waals surface area contributed by atoms with Gasteiger partial charge < -0.3 is 4.90 Å². The minimum atomic E-state index is 0.0197. The van der Waals surface area contributed by atoms with Gasteiger partial charge in [-0.15, -0.1) is 22.9 Å². The standard InChI is InChI=1S/C15H14ClNOS/c16-10-14(18)17-7-4-11(5-8-17)13-3-1-2-12-6-9-19-15(12)13/h1-4,6,9H,5,7-8,10H2. The van der Waals surface area contributed by atoms with Gasteiger partial charge in [0.15, 0.2) is 0 Å². The minimum Gasteiger partial charge on any atom is -0.338 e. The fourth-order valence-corrected chi connectivity index (χ4v) is 3.59. The van der Waals surface area contributed by atoms with Crippen LogP contribution in [0.3, 0.4) is 0 Å². The molecule has 0 saturated carbocycles. The Morgan fingerprint density at radius 1 is 1.37 bits per heavy atom. The predicted octanol–water partition coefficient (Wildman–Crippen LogP) is 3.76. The third-order valence-corrected chi connectivity index (χ3v) is 4.69. The molecule has 0 unspecified atom stereocenters. The van der Waals surface area contributed by atoms with Crippen molar-refractivity contribution in [1.82, 2.24) is 4.90 Å². The van der Waals surface area contributed by atoms with Crippen molar-refractivity contribution in [3.8, 4) is 0 Å². The number of thiophene rings is 1. The molecule has 1 aromatic heterocycles. The first-order valence-electron chi connectivity index (χ1n) is 6.29. The molecule has 0 aliphatic carbocycles. The van der Waals surface area contributed by atoms with Gasteiger partial charge in [-0.1, -0.05) is 24.3 Å². The van der Waals surface area contributed by atoms with Crippen LogP contribution in [0.25, 0.3) is 15.7 Å².